The molecule has 2 heterocycles. The third kappa shape index (κ3) is 3.46. The Balaban J connectivity index is 2.23. The van der Waals surface area contributed by atoms with Gasteiger partial charge >= 0.3 is 6.18 Å². The number of alkyl halides is 3. The molecule has 11 heteroatoms. The zero-order valence-corrected chi connectivity index (χ0v) is 14.4. The number of halogens is 4. The maximum Gasteiger partial charge on any atom is 0.417 e. The lowest BCUT2D eigenvalue weighted by atomic mass is 10.0. The van der Waals surface area contributed by atoms with Crippen molar-refractivity contribution >= 4 is 17.3 Å². The summed E-state index contributed by atoms with van der Waals surface area (Å²) >= 11 is 0. The Morgan fingerprint density at radius 3 is 2.68 bits per heavy atom. The Labute approximate surface area is 156 Å². The fourth-order valence-corrected chi connectivity index (χ4v) is 2.62. The standard InChI is InChI=1S/C17H14F4N6O/c1-28-9-2-3-10(11(8-9)17(19,20)21)14-15-12(18)5-7-27(15)16(26-25-14)24-13(23)4-6-22/h2-8H,22H2,1H3,(H2,23,24,26)/b6-4-. The number of hydrogen-bond acceptors (Lipinski definition) is 5. The molecular weight excluding hydrogens is 380 g/mol. The summed E-state index contributed by atoms with van der Waals surface area (Å²) in [6, 6.07) is 4.33. The molecule has 0 aliphatic carbocycles. The van der Waals surface area contributed by atoms with Gasteiger partial charge in [-0.2, -0.15) is 13.2 Å². The topological polar surface area (TPSA) is 101 Å². The molecule has 0 radical (unpaired) electrons. The number of aromatic nitrogens is 3. The van der Waals surface area contributed by atoms with Crippen molar-refractivity contribution in [1.82, 2.24) is 14.6 Å². The van der Waals surface area contributed by atoms with Crippen LogP contribution in [0.1, 0.15) is 5.56 Å². The summed E-state index contributed by atoms with van der Waals surface area (Å²) in [4.78, 5) is 0. The van der Waals surface area contributed by atoms with Gasteiger partial charge in [-0.3, -0.25) is 9.81 Å². The van der Waals surface area contributed by atoms with Gasteiger partial charge in [0.15, 0.2) is 5.82 Å². The van der Waals surface area contributed by atoms with Gasteiger partial charge in [-0.25, -0.2) is 4.39 Å². The van der Waals surface area contributed by atoms with E-state index in [-0.39, 0.29) is 34.3 Å². The van der Waals surface area contributed by atoms with Crippen molar-refractivity contribution < 1.29 is 22.3 Å². The zero-order valence-electron chi connectivity index (χ0n) is 14.4. The Hall–Kier alpha value is -3.63. The first-order chi connectivity index (χ1) is 13.3. The van der Waals surface area contributed by atoms with Crippen LogP contribution in [0.2, 0.25) is 0 Å². The smallest absolute Gasteiger partial charge is 0.417 e. The number of methoxy groups -OCH3 is 1. The van der Waals surface area contributed by atoms with Gasteiger partial charge in [-0.15, -0.1) is 10.2 Å². The van der Waals surface area contributed by atoms with Crippen molar-refractivity contribution in [1.29, 1.82) is 5.41 Å². The lowest BCUT2D eigenvalue weighted by molar-refractivity contribution is -0.137. The largest absolute Gasteiger partial charge is 0.497 e. The van der Waals surface area contributed by atoms with Crippen LogP contribution >= 0.6 is 0 Å². The van der Waals surface area contributed by atoms with Gasteiger partial charge in [-0.1, -0.05) is 0 Å². The van der Waals surface area contributed by atoms with E-state index >= 15 is 0 Å². The van der Waals surface area contributed by atoms with Crippen molar-refractivity contribution in [3.05, 3.63) is 54.1 Å². The van der Waals surface area contributed by atoms with E-state index < -0.39 is 17.6 Å². The van der Waals surface area contributed by atoms with E-state index in [9.17, 15) is 17.6 Å². The van der Waals surface area contributed by atoms with Crippen molar-refractivity contribution in [3.63, 3.8) is 0 Å². The summed E-state index contributed by atoms with van der Waals surface area (Å²) in [6.07, 6.45) is -1.14. The minimum absolute atomic E-state index is 0.00350. The lowest BCUT2D eigenvalue weighted by Gasteiger charge is -2.15. The van der Waals surface area contributed by atoms with Crippen LogP contribution in [0, 0.1) is 11.2 Å². The predicted octanol–water partition coefficient (Wildman–Crippen LogP) is 3.42. The SMILES string of the molecule is COc1ccc(-c2nnc(NC(=N)/C=C\N)n3ccc(F)c23)c(C(F)(F)F)c1. The second-order valence-electron chi connectivity index (χ2n) is 5.56. The summed E-state index contributed by atoms with van der Waals surface area (Å²) in [5.41, 5.74) is 3.28. The molecule has 0 fully saturated rings. The number of benzene rings is 1. The number of fused-ring (bicyclic) bond motifs is 1. The maximum absolute atomic E-state index is 14.4. The third-order valence-corrected chi connectivity index (χ3v) is 3.83. The first-order valence-corrected chi connectivity index (χ1v) is 7.79. The molecule has 0 aliphatic rings. The van der Waals surface area contributed by atoms with Crippen molar-refractivity contribution in [2.24, 2.45) is 5.73 Å². The molecule has 28 heavy (non-hydrogen) atoms. The molecule has 7 nitrogen and oxygen atoms in total. The molecular formula is C17H14F4N6O. The van der Waals surface area contributed by atoms with E-state index in [0.717, 1.165) is 24.4 Å². The van der Waals surface area contributed by atoms with Crippen LogP contribution in [0.25, 0.3) is 16.8 Å². The number of nitrogens with zero attached hydrogens (tertiary/aromatic N) is 3. The molecule has 0 atom stereocenters. The number of hydrogen-bond donors (Lipinski definition) is 3. The van der Waals surface area contributed by atoms with Gasteiger partial charge in [-0.05, 0) is 36.5 Å². The average Bonchev–Trinajstić information content (AvgIpc) is 3.03. The summed E-state index contributed by atoms with van der Waals surface area (Å²) in [6.45, 7) is 0. The summed E-state index contributed by atoms with van der Waals surface area (Å²) in [5.74, 6) is -1.03. The fourth-order valence-electron chi connectivity index (χ4n) is 2.62. The van der Waals surface area contributed by atoms with Gasteiger partial charge in [0.1, 0.15) is 22.8 Å². The first-order valence-electron chi connectivity index (χ1n) is 7.79. The Kier molecular flexibility index (Phi) is 4.91. The van der Waals surface area contributed by atoms with Crippen LogP contribution in [0.15, 0.2) is 42.7 Å². The number of amidine groups is 1. The number of ether oxygens (including phenoxy) is 1. The Morgan fingerprint density at radius 2 is 2.04 bits per heavy atom. The molecule has 2 aromatic heterocycles. The summed E-state index contributed by atoms with van der Waals surface area (Å²) in [7, 11) is 1.24. The second kappa shape index (κ2) is 7.18. The van der Waals surface area contributed by atoms with Gasteiger partial charge in [0, 0.05) is 11.8 Å². The normalized spacial score (nSPS) is 11.9. The molecule has 4 N–H and O–H groups in total. The molecule has 0 saturated heterocycles. The van der Waals surface area contributed by atoms with Crippen LogP contribution < -0.4 is 15.8 Å². The number of nitrogens with one attached hydrogen (secondary N) is 2. The molecule has 0 saturated carbocycles. The van der Waals surface area contributed by atoms with Gasteiger partial charge in [0.25, 0.3) is 0 Å². The van der Waals surface area contributed by atoms with Crippen LogP contribution in [0.3, 0.4) is 0 Å². The number of rotatable bonds is 4. The summed E-state index contributed by atoms with van der Waals surface area (Å²) in [5, 5.41) is 17.8. The highest BCUT2D eigenvalue weighted by Gasteiger charge is 2.35. The number of nitrogens with two attached hydrogens (primary N) is 1. The molecule has 0 unspecified atom stereocenters. The quantitative estimate of drug-likeness (QED) is 0.358. The highest BCUT2D eigenvalue weighted by molar-refractivity contribution is 6.00. The Morgan fingerprint density at radius 1 is 1.29 bits per heavy atom. The molecule has 0 aliphatic heterocycles. The predicted molar refractivity (Wildman–Crippen MR) is 94.6 cm³/mol. The zero-order chi connectivity index (χ0) is 20.5. The average molecular weight is 394 g/mol. The highest BCUT2D eigenvalue weighted by Crippen LogP contribution is 2.40. The lowest BCUT2D eigenvalue weighted by Crippen LogP contribution is -2.15. The fraction of sp³-hybridized carbons (Fsp3) is 0.118. The van der Waals surface area contributed by atoms with Gasteiger partial charge in [0.2, 0.25) is 5.95 Å². The second-order valence-corrected chi connectivity index (χ2v) is 5.56. The van der Waals surface area contributed by atoms with E-state index in [2.05, 4.69) is 15.5 Å². The molecule has 3 rings (SSSR count). The van der Waals surface area contributed by atoms with Crippen LogP contribution in [-0.4, -0.2) is 27.5 Å². The molecule has 0 spiro atoms. The van der Waals surface area contributed by atoms with Crippen molar-refractivity contribution in [2.45, 2.75) is 6.18 Å². The Bertz CT molecular complexity index is 1070. The molecule has 0 bridgehead atoms. The number of anilines is 1. The molecule has 3 aromatic rings. The molecule has 146 valence electrons. The van der Waals surface area contributed by atoms with Crippen LogP contribution in [-0.2, 0) is 6.18 Å². The maximum atomic E-state index is 14.4. The first kappa shape index (κ1) is 19.1. The van der Waals surface area contributed by atoms with E-state index in [1.807, 2.05) is 0 Å². The van der Waals surface area contributed by atoms with Crippen LogP contribution in [0.4, 0.5) is 23.5 Å². The van der Waals surface area contributed by atoms with Crippen molar-refractivity contribution in [2.75, 3.05) is 12.4 Å². The van der Waals surface area contributed by atoms with Crippen molar-refractivity contribution in [3.8, 4) is 17.0 Å². The van der Waals surface area contributed by atoms with E-state index in [0.29, 0.717) is 0 Å². The minimum Gasteiger partial charge on any atom is -0.497 e. The van der Waals surface area contributed by atoms with Crippen LogP contribution in [0.5, 0.6) is 5.75 Å². The van der Waals surface area contributed by atoms with E-state index in [1.54, 1.807) is 0 Å². The van der Waals surface area contributed by atoms with E-state index in [1.165, 1.54) is 29.8 Å². The summed E-state index contributed by atoms with van der Waals surface area (Å²) < 4.78 is 61.1. The van der Waals surface area contributed by atoms with Gasteiger partial charge < -0.3 is 15.8 Å². The van der Waals surface area contributed by atoms with E-state index in [4.69, 9.17) is 15.9 Å². The minimum atomic E-state index is -4.73. The molecule has 0 amide bonds. The monoisotopic (exact) mass is 394 g/mol. The highest BCUT2D eigenvalue weighted by atomic mass is 19.4. The molecule has 1 aromatic carbocycles. The third-order valence-electron chi connectivity index (χ3n) is 3.83. The van der Waals surface area contributed by atoms with Gasteiger partial charge in [0.05, 0.1) is 12.7 Å².